The van der Waals surface area contributed by atoms with Gasteiger partial charge >= 0.3 is 0 Å². The van der Waals surface area contributed by atoms with Gasteiger partial charge in [-0.05, 0) is 40.3 Å². The van der Waals surface area contributed by atoms with Crippen molar-refractivity contribution in [2.45, 2.75) is 6.04 Å². The number of hydrogen-bond acceptors (Lipinski definition) is 1. The van der Waals surface area contributed by atoms with Crippen LogP contribution >= 0.6 is 22.6 Å². The third kappa shape index (κ3) is 1.96. The van der Waals surface area contributed by atoms with Crippen LogP contribution in [0.4, 0.5) is 0 Å². The minimum Gasteiger partial charge on any atom is -0.495 e. The van der Waals surface area contributed by atoms with Crippen LogP contribution in [-0.4, -0.2) is 17.4 Å². The molecule has 1 nitrogen and oxygen atoms in total. The quantitative estimate of drug-likeness (QED) is 0.583. The van der Waals surface area contributed by atoms with E-state index in [9.17, 15) is 0 Å². The average Bonchev–Trinajstić information content (AvgIpc) is 2.04. The fourth-order valence-electron chi connectivity index (χ4n) is 1.06. The van der Waals surface area contributed by atoms with E-state index in [1.54, 1.807) is 7.11 Å². The molecule has 0 aliphatic carbocycles. The Morgan fingerprint density at radius 3 is 2.73 bits per heavy atom. The van der Waals surface area contributed by atoms with Crippen LogP contribution in [0.25, 0.3) is 0 Å². The first-order valence-corrected chi connectivity index (χ1v) is 6.10. The van der Waals surface area contributed by atoms with Crippen molar-refractivity contribution in [2.75, 3.05) is 7.11 Å². The van der Waals surface area contributed by atoms with Gasteiger partial charge in [0.1, 0.15) is 5.75 Å². The second-order valence-corrected chi connectivity index (χ2v) is 4.16. The number of hydrogen-bond donors (Lipinski definition) is 0. The summed E-state index contributed by atoms with van der Waals surface area (Å²) in [5.74, 6) is 1.06. The molecule has 0 aliphatic heterocycles. The highest BCUT2D eigenvalue weighted by Gasteiger charge is 2.02. The number of methoxy groups -OCH3 is 1. The minimum absolute atomic E-state index is 1.06. The number of ether oxygens (including phenoxy) is 1. The second-order valence-electron chi connectivity index (χ2n) is 2.29. The van der Waals surface area contributed by atoms with Crippen LogP contribution in [0.5, 0.6) is 5.75 Å². The Morgan fingerprint density at radius 2 is 2.27 bits per heavy atom. The van der Waals surface area contributed by atoms with E-state index >= 15 is 0 Å². The zero-order valence-electron chi connectivity index (χ0n) is 6.73. The van der Waals surface area contributed by atoms with Gasteiger partial charge in [-0.25, -0.2) is 0 Å². The van der Waals surface area contributed by atoms with Crippen LogP contribution < -0.4 is 4.74 Å². The van der Waals surface area contributed by atoms with E-state index in [-0.39, 0.29) is 0 Å². The molecule has 0 N–H and O–H groups in total. The summed E-state index contributed by atoms with van der Waals surface area (Å²) < 4.78 is 6.49. The summed E-state index contributed by atoms with van der Waals surface area (Å²) in [6.07, 6.45) is 0. The van der Waals surface area contributed by atoms with Crippen molar-refractivity contribution in [3.63, 3.8) is 0 Å². The Morgan fingerprint density at radius 1 is 1.55 bits per heavy atom. The lowest BCUT2D eigenvalue weighted by Crippen LogP contribution is -1.93. The van der Waals surface area contributed by atoms with E-state index in [2.05, 4.69) is 40.8 Å². The highest BCUT2D eigenvalue weighted by Crippen LogP contribution is 2.24. The zero-order chi connectivity index (χ0) is 8.27. The Balaban J connectivity index is 3.13. The zero-order valence-corrected chi connectivity index (χ0v) is 10.9. The molecule has 0 unspecified atom stereocenters. The molecule has 0 atom stereocenters. The van der Waals surface area contributed by atoms with Crippen molar-refractivity contribution in [1.82, 2.24) is 0 Å². The van der Waals surface area contributed by atoms with E-state index < -0.39 is 0 Å². The monoisotopic (exact) mass is 278 g/mol. The predicted molar refractivity (Wildman–Crippen MR) is 59.4 cm³/mol. The molecule has 0 amide bonds. The van der Waals surface area contributed by atoms with Gasteiger partial charge < -0.3 is 4.74 Å². The fourth-order valence-corrected chi connectivity index (χ4v) is 2.39. The molecule has 60 valence electrons. The smallest absolute Gasteiger partial charge is 0.135 e. The molecule has 0 radical (unpaired) electrons. The molecule has 0 saturated heterocycles. The molecule has 0 spiro atoms. The Hall–Kier alpha value is -0.0331. The molecule has 0 fully saturated rings. The predicted octanol–water partition coefficient (Wildman–Crippen LogP) is 1.17. The molecule has 0 saturated carbocycles. The maximum absolute atomic E-state index is 5.28. The summed E-state index contributed by atoms with van der Waals surface area (Å²) in [6, 6.07) is 7.45. The Bertz CT molecular complexity index is 250. The average molecular weight is 278 g/mol. The Kier molecular flexibility index (Phi) is 3.38. The van der Waals surface area contributed by atoms with E-state index in [1.807, 2.05) is 0 Å². The lowest BCUT2D eigenvalue weighted by Gasteiger charge is -2.07. The molecular formula is C8H11IOSi. The first kappa shape index (κ1) is 9.06. The first-order chi connectivity index (χ1) is 5.29. The van der Waals surface area contributed by atoms with Crippen molar-refractivity contribution >= 4 is 32.8 Å². The summed E-state index contributed by atoms with van der Waals surface area (Å²) in [4.78, 5) is 0. The van der Waals surface area contributed by atoms with Crippen LogP contribution in [0.15, 0.2) is 18.2 Å². The van der Waals surface area contributed by atoms with Crippen molar-refractivity contribution in [2.24, 2.45) is 0 Å². The summed E-state index contributed by atoms with van der Waals surface area (Å²) >= 11 is 2.30. The SMILES string of the molecule is COc1c(I)cccc1C[SiH3]. The van der Waals surface area contributed by atoms with Crippen molar-refractivity contribution in [3.8, 4) is 5.75 Å². The van der Waals surface area contributed by atoms with Gasteiger partial charge in [0, 0.05) is 10.2 Å². The number of rotatable bonds is 2. The molecule has 1 aromatic carbocycles. The van der Waals surface area contributed by atoms with Gasteiger partial charge in [0.25, 0.3) is 0 Å². The summed E-state index contributed by atoms with van der Waals surface area (Å²) in [5.41, 5.74) is 1.34. The standard InChI is InChI=1S/C8H11IOSi/c1-10-8-6(5-11)3-2-4-7(8)9/h2-4H,5H2,1,11H3. The van der Waals surface area contributed by atoms with Crippen molar-refractivity contribution < 1.29 is 4.74 Å². The van der Waals surface area contributed by atoms with Gasteiger partial charge in [-0.15, -0.1) is 0 Å². The second kappa shape index (κ2) is 4.11. The van der Waals surface area contributed by atoms with Crippen LogP contribution in [-0.2, 0) is 6.04 Å². The van der Waals surface area contributed by atoms with Crippen LogP contribution in [0, 0.1) is 3.57 Å². The molecule has 11 heavy (non-hydrogen) atoms. The molecular weight excluding hydrogens is 267 g/mol. The molecule has 0 bridgehead atoms. The first-order valence-electron chi connectivity index (χ1n) is 3.61. The van der Waals surface area contributed by atoms with E-state index in [1.165, 1.54) is 25.4 Å². The van der Waals surface area contributed by atoms with E-state index in [0.29, 0.717) is 0 Å². The van der Waals surface area contributed by atoms with Crippen molar-refractivity contribution in [3.05, 3.63) is 27.3 Å². The fraction of sp³-hybridized carbons (Fsp3) is 0.250. The largest absolute Gasteiger partial charge is 0.495 e. The Labute approximate surface area is 83.7 Å². The maximum Gasteiger partial charge on any atom is 0.135 e. The number of para-hydroxylation sites is 1. The van der Waals surface area contributed by atoms with Gasteiger partial charge in [-0.3, -0.25) is 0 Å². The normalized spacial score (nSPS) is 10.0. The van der Waals surface area contributed by atoms with E-state index in [0.717, 1.165) is 5.75 Å². The van der Waals surface area contributed by atoms with Gasteiger partial charge in [-0.2, -0.15) is 0 Å². The highest BCUT2D eigenvalue weighted by atomic mass is 127. The topological polar surface area (TPSA) is 9.23 Å². The number of halogens is 1. The molecule has 0 heterocycles. The van der Waals surface area contributed by atoms with Gasteiger partial charge in [0.15, 0.2) is 0 Å². The molecule has 1 aromatic rings. The summed E-state index contributed by atoms with van der Waals surface area (Å²) in [5, 5.41) is 0. The van der Waals surface area contributed by atoms with Gasteiger partial charge in [-0.1, -0.05) is 12.1 Å². The van der Waals surface area contributed by atoms with Gasteiger partial charge in [0.05, 0.1) is 10.7 Å². The van der Waals surface area contributed by atoms with Gasteiger partial charge in [0.2, 0.25) is 0 Å². The summed E-state index contributed by atoms with van der Waals surface area (Å²) in [6.45, 7) is 0. The third-order valence-electron chi connectivity index (χ3n) is 1.63. The molecule has 0 aromatic heterocycles. The van der Waals surface area contributed by atoms with Crippen LogP contribution in [0.1, 0.15) is 5.56 Å². The maximum atomic E-state index is 5.28. The lowest BCUT2D eigenvalue weighted by molar-refractivity contribution is 0.408. The molecule has 1 rings (SSSR count). The highest BCUT2D eigenvalue weighted by molar-refractivity contribution is 14.1. The molecule has 3 heteroatoms. The van der Waals surface area contributed by atoms with E-state index in [4.69, 9.17) is 4.74 Å². The van der Waals surface area contributed by atoms with Crippen LogP contribution in [0.2, 0.25) is 0 Å². The molecule has 0 aliphatic rings. The van der Waals surface area contributed by atoms with Crippen molar-refractivity contribution in [1.29, 1.82) is 0 Å². The lowest BCUT2D eigenvalue weighted by atomic mass is 10.2. The van der Waals surface area contributed by atoms with Crippen LogP contribution in [0.3, 0.4) is 0 Å². The minimum atomic E-state index is 1.06. The number of benzene rings is 1. The summed E-state index contributed by atoms with van der Waals surface area (Å²) in [7, 11) is 2.93. The third-order valence-corrected chi connectivity index (χ3v) is 3.24.